The number of benzene rings is 4. The molecule has 42 heavy (non-hydrogen) atoms. The number of rotatable bonds is 10. The van der Waals surface area contributed by atoms with E-state index in [1.165, 1.54) is 64.9 Å². The smallest absolute Gasteiger partial charge is 0.228 e. The van der Waals surface area contributed by atoms with Crippen LogP contribution in [-0.4, -0.2) is 15.0 Å². The van der Waals surface area contributed by atoms with E-state index in [9.17, 15) is 4.79 Å². The first-order chi connectivity index (χ1) is 20.5. The van der Waals surface area contributed by atoms with Crippen LogP contribution in [0.5, 0.6) is 0 Å². The Balaban J connectivity index is 1.48. The first kappa shape index (κ1) is 28.5. The van der Waals surface area contributed by atoms with Gasteiger partial charge in [0.1, 0.15) is 0 Å². The largest absolute Gasteiger partial charge is 0.315 e. The van der Waals surface area contributed by atoms with Gasteiger partial charge in [0.05, 0.1) is 22.4 Å². The lowest BCUT2D eigenvalue weighted by Gasteiger charge is -2.14. The maximum absolute atomic E-state index is 13.1. The van der Waals surface area contributed by atoms with Crippen LogP contribution in [0, 0.1) is 0 Å². The number of para-hydroxylation sites is 2. The zero-order chi connectivity index (χ0) is 29.2. The maximum atomic E-state index is 13.1. The van der Waals surface area contributed by atoms with Gasteiger partial charge in [0.2, 0.25) is 5.91 Å². The molecule has 0 bridgehead atoms. The van der Waals surface area contributed by atoms with Crippen LogP contribution in [0.15, 0.2) is 89.5 Å². The Morgan fingerprint density at radius 2 is 1.43 bits per heavy atom. The zero-order valence-electron chi connectivity index (χ0n) is 24.9. The summed E-state index contributed by atoms with van der Waals surface area (Å²) in [5.41, 5.74) is 8.19. The number of aryl methyl sites for hydroxylation is 2. The lowest BCUT2D eigenvalue weighted by atomic mass is 9.98. The Morgan fingerprint density at radius 1 is 0.738 bits per heavy atom. The van der Waals surface area contributed by atoms with Gasteiger partial charge in [-0.05, 0) is 93.3 Å². The first-order valence-corrected chi connectivity index (χ1v) is 16.3. The predicted octanol–water partition coefficient (Wildman–Crippen LogP) is 11.3. The third-order valence-electron chi connectivity index (χ3n) is 8.64. The van der Waals surface area contributed by atoms with Gasteiger partial charge in [0, 0.05) is 28.4 Å². The molecule has 3 nitrogen and oxygen atoms in total. The van der Waals surface area contributed by atoms with E-state index in [-0.39, 0.29) is 5.91 Å². The normalized spacial score (nSPS) is 11.7. The van der Waals surface area contributed by atoms with Crippen LogP contribution in [0.1, 0.15) is 75.2 Å². The number of nitrogens with zero attached hydrogens (tertiary/aromatic N) is 2. The Bertz CT molecular complexity index is 1910. The van der Waals surface area contributed by atoms with Crippen molar-refractivity contribution in [3.63, 3.8) is 0 Å². The number of aromatic nitrogens is 2. The third kappa shape index (κ3) is 5.11. The molecular formula is C38H39BrN2O. The molecule has 0 saturated carbocycles. The summed E-state index contributed by atoms with van der Waals surface area (Å²) in [4.78, 5) is 13.1. The van der Waals surface area contributed by atoms with Gasteiger partial charge in [-0.2, -0.15) is 0 Å². The summed E-state index contributed by atoms with van der Waals surface area (Å²) in [6.07, 6.45) is 11.5. The minimum absolute atomic E-state index is 0.0498. The van der Waals surface area contributed by atoms with Gasteiger partial charge < -0.3 is 4.57 Å². The van der Waals surface area contributed by atoms with E-state index in [2.05, 4.69) is 113 Å². The van der Waals surface area contributed by atoms with Gasteiger partial charge in [-0.1, -0.05) is 94.1 Å². The van der Waals surface area contributed by atoms with Gasteiger partial charge in [0.25, 0.3) is 0 Å². The van der Waals surface area contributed by atoms with E-state index in [1.54, 1.807) is 6.92 Å². The number of hydrogen-bond donors (Lipinski definition) is 0. The van der Waals surface area contributed by atoms with E-state index in [0.717, 1.165) is 51.6 Å². The van der Waals surface area contributed by atoms with Gasteiger partial charge in [-0.15, -0.1) is 0 Å². The van der Waals surface area contributed by atoms with Crippen LogP contribution in [-0.2, 0) is 12.8 Å². The van der Waals surface area contributed by atoms with Crippen molar-refractivity contribution in [1.82, 2.24) is 9.13 Å². The Hall–Kier alpha value is -3.63. The SMILES string of the molecule is CCCCCc1cn(-c2ccc3cc(-c4c(CCCCC)c5ccccc5n4C(C)=O)ccc3c2Br)c2ccccc12. The molecule has 0 aliphatic heterocycles. The molecule has 0 spiro atoms. The average molecular weight is 620 g/mol. The Labute approximate surface area is 257 Å². The van der Waals surface area contributed by atoms with Crippen molar-refractivity contribution in [3.05, 3.63) is 101 Å². The van der Waals surface area contributed by atoms with E-state index in [0.29, 0.717) is 0 Å². The fourth-order valence-corrected chi connectivity index (χ4v) is 7.25. The summed E-state index contributed by atoms with van der Waals surface area (Å²) in [5, 5.41) is 4.84. The molecule has 6 rings (SSSR count). The molecule has 2 heterocycles. The summed E-state index contributed by atoms with van der Waals surface area (Å²) < 4.78 is 5.35. The highest BCUT2D eigenvalue weighted by Crippen LogP contribution is 2.39. The predicted molar refractivity (Wildman–Crippen MR) is 182 cm³/mol. The molecule has 214 valence electrons. The fraction of sp³-hybridized carbons (Fsp3) is 0.289. The van der Waals surface area contributed by atoms with Crippen LogP contribution in [0.2, 0.25) is 0 Å². The monoisotopic (exact) mass is 618 g/mol. The van der Waals surface area contributed by atoms with Gasteiger partial charge in [-0.25, -0.2) is 0 Å². The molecule has 0 amide bonds. The molecule has 0 aliphatic carbocycles. The number of carbonyl (C=O) groups excluding carboxylic acids is 1. The summed E-state index contributed by atoms with van der Waals surface area (Å²) >= 11 is 4.00. The second-order valence-electron chi connectivity index (χ2n) is 11.5. The zero-order valence-corrected chi connectivity index (χ0v) is 26.5. The van der Waals surface area contributed by atoms with Crippen molar-refractivity contribution in [2.45, 2.75) is 72.1 Å². The molecule has 4 heteroatoms. The number of halogens is 1. The minimum atomic E-state index is 0.0498. The number of carbonyl (C=O) groups is 1. The highest BCUT2D eigenvalue weighted by atomic mass is 79.9. The van der Waals surface area contributed by atoms with E-state index in [1.807, 2.05) is 10.6 Å². The average Bonchev–Trinajstić information content (AvgIpc) is 3.54. The Kier molecular flexibility index (Phi) is 8.35. The van der Waals surface area contributed by atoms with Crippen molar-refractivity contribution < 1.29 is 4.79 Å². The molecular weight excluding hydrogens is 580 g/mol. The number of fused-ring (bicyclic) bond motifs is 3. The van der Waals surface area contributed by atoms with Gasteiger partial charge in [-0.3, -0.25) is 9.36 Å². The van der Waals surface area contributed by atoms with Crippen molar-refractivity contribution in [2.24, 2.45) is 0 Å². The van der Waals surface area contributed by atoms with Crippen LogP contribution < -0.4 is 0 Å². The molecule has 4 aromatic carbocycles. The Morgan fingerprint density at radius 3 is 2.17 bits per heavy atom. The molecule has 0 saturated heterocycles. The van der Waals surface area contributed by atoms with E-state index in [4.69, 9.17) is 0 Å². The van der Waals surface area contributed by atoms with E-state index < -0.39 is 0 Å². The molecule has 0 aliphatic rings. The van der Waals surface area contributed by atoms with Gasteiger partial charge >= 0.3 is 0 Å². The molecule has 0 N–H and O–H groups in total. The lowest BCUT2D eigenvalue weighted by Crippen LogP contribution is -2.07. The van der Waals surface area contributed by atoms with Gasteiger partial charge in [0.15, 0.2) is 0 Å². The minimum Gasteiger partial charge on any atom is -0.315 e. The molecule has 2 aromatic heterocycles. The fourth-order valence-electron chi connectivity index (χ4n) is 6.57. The van der Waals surface area contributed by atoms with Crippen molar-refractivity contribution in [2.75, 3.05) is 0 Å². The van der Waals surface area contributed by atoms with Crippen LogP contribution in [0.3, 0.4) is 0 Å². The van der Waals surface area contributed by atoms with Crippen LogP contribution in [0.25, 0.3) is 49.5 Å². The third-order valence-corrected chi connectivity index (χ3v) is 9.47. The van der Waals surface area contributed by atoms with Crippen LogP contribution in [0.4, 0.5) is 0 Å². The summed E-state index contributed by atoms with van der Waals surface area (Å²) in [6.45, 7) is 6.17. The highest BCUT2D eigenvalue weighted by Gasteiger charge is 2.21. The molecule has 0 radical (unpaired) electrons. The van der Waals surface area contributed by atoms with E-state index >= 15 is 0 Å². The van der Waals surface area contributed by atoms with Crippen LogP contribution >= 0.6 is 15.9 Å². The first-order valence-electron chi connectivity index (χ1n) is 15.5. The summed E-state index contributed by atoms with van der Waals surface area (Å²) in [6, 6.07) is 28.2. The molecule has 0 fully saturated rings. The lowest BCUT2D eigenvalue weighted by molar-refractivity contribution is 0.0943. The summed E-state index contributed by atoms with van der Waals surface area (Å²) in [7, 11) is 0. The van der Waals surface area contributed by atoms with Crippen molar-refractivity contribution in [1.29, 1.82) is 0 Å². The second kappa shape index (κ2) is 12.3. The van der Waals surface area contributed by atoms with Crippen molar-refractivity contribution >= 4 is 54.4 Å². The number of unbranched alkanes of at least 4 members (excludes halogenated alkanes) is 4. The quantitative estimate of drug-likeness (QED) is 0.140. The van der Waals surface area contributed by atoms with Crippen molar-refractivity contribution in [3.8, 4) is 16.9 Å². The standard InChI is InChI=1S/C38H39BrN2O/c1-4-6-8-14-29-25-40(34-18-12-10-15-30(29)34)36-23-21-27-24-28(20-22-31(27)37(36)39)38-33(17-9-7-5-2)32-16-11-13-19-35(32)41(38)26(3)42/h10-13,15-16,18-25H,4-9,14,17H2,1-3H3. The molecule has 0 atom stereocenters. The highest BCUT2D eigenvalue weighted by molar-refractivity contribution is 9.10. The second-order valence-corrected chi connectivity index (χ2v) is 12.3. The maximum Gasteiger partial charge on any atom is 0.228 e. The topological polar surface area (TPSA) is 26.9 Å². The molecule has 0 unspecified atom stereocenters. The summed E-state index contributed by atoms with van der Waals surface area (Å²) in [5.74, 6) is 0.0498. The molecule has 6 aromatic rings. The number of hydrogen-bond acceptors (Lipinski definition) is 1.